The summed E-state index contributed by atoms with van der Waals surface area (Å²) in [5.41, 5.74) is 0.802. The van der Waals surface area contributed by atoms with Crippen molar-refractivity contribution < 1.29 is 5.11 Å². The SMILES string of the molecule is CCC(O)CNCc1c(Cl)cc(Cl)cc1Cl. The smallest absolute Gasteiger partial charge is 0.0662 e. The van der Waals surface area contributed by atoms with E-state index in [2.05, 4.69) is 5.32 Å². The number of halogens is 3. The van der Waals surface area contributed by atoms with Gasteiger partial charge in [0.1, 0.15) is 0 Å². The van der Waals surface area contributed by atoms with Gasteiger partial charge in [-0.25, -0.2) is 0 Å². The molecule has 2 nitrogen and oxygen atoms in total. The molecule has 0 spiro atoms. The minimum absolute atomic E-state index is 0.343. The molecule has 1 unspecified atom stereocenters. The van der Waals surface area contributed by atoms with Crippen LogP contribution in [0.1, 0.15) is 18.9 Å². The monoisotopic (exact) mass is 281 g/mol. The van der Waals surface area contributed by atoms with Crippen LogP contribution in [0.4, 0.5) is 0 Å². The molecule has 0 amide bonds. The van der Waals surface area contributed by atoms with E-state index in [1.54, 1.807) is 12.1 Å². The zero-order valence-electron chi connectivity index (χ0n) is 8.93. The Morgan fingerprint density at radius 2 is 1.81 bits per heavy atom. The van der Waals surface area contributed by atoms with E-state index in [0.29, 0.717) is 28.2 Å². The molecule has 16 heavy (non-hydrogen) atoms. The Hall–Kier alpha value is 0.01000. The summed E-state index contributed by atoms with van der Waals surface area (Å²) in [6, 6.07) is 3.31. The van der Waals surface area contributed by atoms with E-state index in [-0.39, 0.29) is 6.10 Å². The van der Waals surface area contributed by atoms with Crippen molar-refractivity contribution in [3.8, 4) is 0 Å². The number of benzene rings is 1. The van der Waals surface area contributed by atoms with Gasteiger partial charge in [0.25, 0.3) is 0 Å². The number of hydrogen-bond acceptors (Lipinski definition) is 2. The van der Waals surface area contributed by atoms with E-state index in [9.17, 15) is 5.11 Å². The van der Waals surface area contributed by atoms with Crippen LogP contribution >= 0.6 is 34.8 Å². The largest absolute Gasteiger partial charge is 0.392 e. The third-order valence-corrected chi connectivity index (χ3v) is 3.15. The average Bonchev–Trinajstić information content (AvgIpc) is 2.21. The number of aliphatic hydroxyl groups excluding tert-OH is 1. The van der Waals surface area contributed by atoms with Crippen molar-refractivity contribution in [2.75, 3.05) is 6.54 Å². The summed E-state index contributed by atoms with van der Waals surface area (Å²) >= 11 is 17.8. The van der Waals surface area contributed by atoms with Gasteiger partial charge >= 0.3 is 0 Å². The fraction of sp³-hybridized carbons (Fsp3) is 0.455. The van der Waals surface area contributed by atoms with Gasteiger partial charge in [0.05, 0.1) is 6.10 Å². The first-order valence-electron chi connectivity index (χ1n) is 5.06. The standard InChI is InChI=1S/C11H14Cl3NO/c1-2-8(16)5-15-6-9-10(13)3-7(12)4-11(9)14/h3-4,8,15-16H,2,5-6H2,1H3. The van der Waals surface area contributed by atoms with E-state index < -0.39 is 0 Å². The predicted molar refractivity (Wildman–Crippen MR) is 69.5 cm³/mol. The Morgan fingerprint density at radius 1 is 1.25 bits per heavy atom. The summed E-state index contributed by atoms with van der Waals surface area (Å²) in [7, 11) is 0. The Balaban J connectivity index is 2.60. The molecule has 90 valence electrons. The van der Waals surface area contributed by atoms with E-state index in [0.717, 1.165) is 12.0 Å². The third-order valence-electron chi connectivity index (χ3n) is 2.26. The molecule has 0 heterocycles. The van der Waals surface area contributed by atoms with Crippen molar-refractivity contribution in [1.29, 1.82) is 0 Å². The molecule has 1 rings (SSSR count). The van der Waals surface area contributed by atoms with E-state index >= 15 is 0 Å². The van der Waals surface area contributed by atoms with Crippen molar-refractivity contribution in [2.45, 2.75) is 26.0 Å². The molecule has 1 aromatic rings. The summed E-state index contributed by atoms with van der Waals surface area (Å²) < 4.78 is 0. The highest BCUT2D eigenvalue weighted by atomic mass is 35.5. The number of nitrogens with one attached hydrogen (secondary N) is 1. The van der Waals surface area contributed by atoms with Crippen molar-refractivity contribution in [3.63, 3.8) is 0 Å². The normalized spacial score (nSPS) is 12.8. The summed E-state index contributed by atoms with van der Waals surface area (Å²) in [6.45, 7) is 2.96. The molecule has 0 fully saturated rings. The highest BCUT2D eigenvalue weighted by molar-refractivity contribution is 6.39. The van der Waals surface area contributed by atoms with Crippen LogP contribution in [0.15, 0.2) is 12.1 Å². The van der Waals surface area contributed by atoms with E-state index in [4.69, 9.17) is 34.8 Å². The first-order valence-corrected chi connectivity index (χ1v) is 6.20. The lowest BCUT2D eigenvalue weighted by Gasteiger charge is -2.11. The molecule has 5 heteroatoms. The number of hydrogen-bond donors (Lipinski definition) is 2. The number of aliphatic hydroxyl groups is 1. The van der Waals surface area contributed by atoms with E-state index in [1.165, 1.54) is 0 Å². The molecule has 2 N–H and O–H groups in total. The van der Waals surface area contributed by atoms with Crippen molar-refractivity contribution in [2.24, 2.45) is 0 Å². The molecular weight excluding hydrogens is 268 g/mol. The highest BCUT2D eigenvalue weighted by Gasteiger charge is 2.08. The van der Waals surface area contributed by atoms with Gasteiger partial charge in [-0.1, -0.05) is 41.7 Å². The van der Waals surface area contributed by atoms with Gasteiger partial charge in [-0.05, 0) is 18.6 Å². The maximum atomic E-state index is 9.37. The lowest BCUT2D eigenvalue weighted by Crippen LogP contribution is -2.25. The lowest BCUT2D eigenvalue weighted by molar-refractivity contribution is 0.167. The van der Waals surface area contributed by atoms with Crippen molar-refractivity contribution in [1.82, 2.24) is 5.32 Å². The van der Waals surface area contributed by atoms with Crippen LogP contribution in [0.25, 0.3) is 0 Å². The number of rotatable bonds is 5. The second-order valence-electron chi connectivity index (χ2n) is 3.54. The van der Waals surface area contributed by atoms with Crippen LogP contribution in [0.3, 0.4) is 0 Å². The highest BCUT2D eigenvalue weighted by Crippen LogP contribution is 2.28. The predicted octanol–water partition coefficient (Wildman–Crippen LogP) is 3.51. The second-order valence-corrected chi connectivity index (χ2v) is 4.79. The molecular formula is C11H14Cl3NO. The lowest BCUT2D eigenvalue weighted by atomic mass is 10.2. The molecule has 0 aliphatic rings. The molecule has 0 aromatic heterocycles. The van der Waals surface area contributed by atoms with Crippen molar-refractivity contribution >= 4 is 34.8 Å². The van der Waals surface area contributed by atoms with Gasteiger partial charge < -0.3 is 10.4 Å². The molecule has 0 saturated carbocycles. The fourth-order valence-electron chi connectivity index (χ4n) is 1.25. The second kappa shape index (κ2) is 6.67. The topological polar surface area (TPSA) is 32.3 Å². The van der Waals surface area contributed by atoms with Gasteiger partial charge in [0.2, 0.25) is 0 Å². The minimum Gasteiger partial charge on any atom is -0.392 e. The molecule has 0 radical (unpaired) electrons. The summed E-state index contributed by atoms with van der Waals surface area (Å²) in [5, 5.41) is 14.1. The van der Waals surface area contributed by atoms with Crippen LogP contribution in [0.2, 0.25) is 15.1 Å². The summed E-state index contributed by atoms with van der Waals surface area (Å²) in [6.07, 6.45) is 0.375. The molecule has 1 atom stereocenters. The molecule has 0 saturated heterocycles. The molecule has 0 aliphatic heterocycles. The molecule has 0 aliphatic carbocycles. The zero-order chi connectivity index (χ0) is 12.1. The van der Waals surface area contributed by atoms with E-state index in [1.807, 2.05) is 6.92 Å². The minimum atomic E-state index is -0.343. The van der Waals surface area contributed by atoms with Crippen LogP contribution in [-0.2, 0) is 6.54 Å². The van der Waals surface area contributed by atoms with Gasteiger partial charge in [-0.15, -0.1) is 0 Å². The summed E-state index contributed by atoms with van der Waals surface area (Å²) in [5.74, 6) is 0. The molecule has 1 aromatic carbocycles. The Labute approximate surface area is 111 Å². The Morgan fingerprint density at radius 3 is 2.31 bits per heavy atom. The molecule has 0 bridgehead atoms. The quantitative estimate of drug-likeness (QED) is 0.866. The zero-order valence-corrected chi connectivity index (χ0v) is 11.2. The average molecular weight is 283 g/mol. The van der Waals surface area contributed by atoms with Gasteiger partial charge in [-0.2, -0.15) is 0 Å². The van der Waals surface area contributed by atoms with Crippen LogP contribution in [-0.4, -0.2) is 17.8 Å². The maximum Gasteiger partial charge on any atom is 0.0662 e. The maximum absolute atomic E-state index is 9.37. The van der Waals surface area contributed by atoms with Gasteiger partial charge in [-0.3, -0.25) is 0 Å². The van der Waals surface area contributed by atoms with Gasteiger partial charge in [0.15, 0.2) is 0 Å². The Bertz CT molecular complexity index is 334. The van der Waals surface area contributed by atoms with Crippen LogP contribution < -0.4 is 5.32 Å². The van der Waals surface area contributed by atoms with Gasteiger partial charge in [0, 0.05) is 33.7 Å². The first-order chi connectivity index (χ1) is 7.54. The van der Waals surface area contributed by atoms with Crippen LogP contribution in [0.5, 0.6) is 0 Å². The fourth-order valence-corrected chi connectivity index (χ4v) is 2.20. The first kappa shape index (κ1) is 14.1. The third kappa shape index (κ3) is 4.11. The summed E-state index contributed by atoms with van der Waals surface area (Å²) in [4.78, 5) is 0. The van der Waals surface area contributed by atoms with Crippen molar-refractivity contribution in [3.05, 3.63) is 32.8 Å². The Kier molecular flexibility index (Phi) is 5.87. The van der Waals surface area contributed by atoms with Crippen LogP contribution in [0, 0.1) is 0 Å².